The van der Waals surface area contributed by atoms with Gasteiger partial charge in [-0.15, -0.1) is 0 Å². The van der Waals surface area contributed by atoms with Crippen LogP contribution in [0, 0.1) is 11.2 Å². The molecule has 1 unspecified atom stereocenters. The smallest absolute Gasteiger partial charge is 0.414 e. The number of nitrogens with zero attached hydrogens (tertiary/aromatic N) is 2. The fourth-order valence-corrected chi connectivity index (χ4v) is 2.64. The lowest BCUT2D eigenvalue weighted by atomic mass is 10.2. The van der Waals surface area contributed by atoms with E-state index in [-0.39, 0.29) is 50.2 Å². The van der Waals surface area contributed by atoms with Crippen molar-refractivity contribution in [3.05, 3.63) is 24.0 Å². The van der Waals surface area contributed by atoms with Gasteiger partial charge >= 0.3 is 6.09 Å². The summed E-state index contributed by atoms with van der Waals surface area (Å²) < 4.78 is 19.7. The highest BCUT2D eigenvalue weighted by atomic mass is 19.1. The van der Waals surface area contributed by atoms with E-state index in [1.54, 1.807) is 0 Å². The quantitative estimate of drug-likeness (QED) is 0.337. The number of hydrogen-bond donors (Lipinski definition) is 4. The van der Waals surface area contributed by atoms with E-state index in [1.165, 1.54) is 34.9 Å². The maximum Gasteiger partial charge on any atom is 0.414 e. The van der Waals surface area contributed by atoms with Crippen LogP contribution in [0.2, 0.25) is 0 Å². The summed E-state index contributed by atoms with van der Waals surface area (Å²) in [7, 11) is 0. The van der Waals surface area contributed by atoms with Crippen molar-refractivity contribution in [2.75, 3.05) is 42.5 Å². The van der Waals surface area contributed by atoms with E-state index in [2.05, 4.69) is 10.6 Å². The topological polar surface area (TPSA) is 141 Å². The largest absolute Gasteiger partial charge is 0.442 e. The summed E-state index contributed by atoms with van der Waals surface area (Å²) in [4.78, 5) is 36.7. The lowest BCUT2D eigenvalue weighted by molar-refractivity contribution is -0.120. The molecule has 1 aliphatic heterocycles. The molecule has 1 aliphatic rings. The molecule has 152 valence electrons. The van der Waals surface area contributed by atoms with Gasteiger partial charge in [-0.25, -0.2) is 9.18 Å². The lowest BCUT2D eigenvalue weighted by Gasteiger charge is -2.21. The molecule has 0 radical (unpaired) electrons. The summed E-state index contributed by atoms with van der Waals surface area (Å²) in [6.45, 7) is 1.93. The molecular weight excluding hydrogens is 371 g/mol. The molecule has 1 fully saturated rings. The molecule has 1 saturated heterocycles. The third kappa shape index (κ3) is 5.39. The molecule has 1 aromatic rings. The van der Waals surface area contributed by atoms with E-state index in [9.17, 15) is 18.8 Å². The summed E-state index contributed by atoms with van der Waals surface area (Å²) in [5.74, 6) is -1.22. The molecule has 1 atom stereocenters. The number of halogens is 1. The maximum atomic E-state index is 14.6. The summed E-state index contributed by atoms with van der Waals surface area (Å²) in [6, 6.07) is 4.15. The Hall–Kier alpha value is -3.21. The Kier molecular flexibility index (Phi) is 7.27. The molecule has 10 nitrogen and oxygen atoms in total. The average molecular weight is 394 g/mol. The molecule has 5 N–H and O–H groups in total. The number of amides is 3. The molecule has 28 heavy (non-hydrogen) atoms. The zero-order valence-corrected chi connectivity index (χ0v) is 15.4. The minimum absolute atomic E-state index is 0.128. The predicted octanol–water partition coefficient (Wildman–Crippen LogP) is -0.225. The van der Waals surface area contributed by atoms with E-state index in [0.717, 1.165) is 6.34 Å². The molecule has 0 spiro atoms. The van der Waals surface area contributed by atoms with Crippen LogP contribution in [0.5, 0.6) is 0 Å². The number of nitrogens with two attached hydrogens (primary N) is 1. The Bertz CT molecular complexity index is 759. The van der Waals surface area contributed by atoms with Gasteiger partial charge in [-0.3, -0.25) is 19.9 Å². The second-order valence-electron chi connectivity index (χ2n) is 6.07. The van der Waals surface area contributed by atoms with E-state index in [1.807, 2.05) is 0 Å². The second-order valence-corrected chi connectivity index (χ2v) is 6.07. The fourth-order valence-electron chi connectivity index (χ4n) is 2.64. The van der Waals surface area contributed by atoms with Gasteiger partial charge in [-0.2, -0.15) is 0 Å². The number of anilines is 2. The number of ether oxygens (including phenoxy) is 1. The van der Waals surface area contributed by atoms with Crippen LogP contribution in [0.4, 0.5) is 20.6 Å². The first-order valence-electron chi connectivity index (χ1n) is 8.61. The zero-order valence-electron chi connectivity index (χ0n) is 15.4. The summed E-state index contributed by atoms with van der Waals surface area (Å²) in [5.41, 5.74) is 5.63. The minimum atomic E-state index is -0.635. The van der Waals surface area contributed by atoms with Gasteiger partial charge in [-0.1, -0.05) is 0 Å². The van der Waals surface area contributed by atoms with Crippen LogP contribution in [0.1, 0.15) is 6.92 Å². The molecule has 3 amide bonds. The van der Waals surface area contributed by atoms with Crippen molar-refractivity contribution in [1.29, 1.82) is 5.41 Å². The van der Waals surface area contributed by atoms with Gasteiger partial charge < -0.3 is 26.0 Å². The van der Waals surface area contributed by atoms with Crippen LogP contribution < -0.4 is 26.2 Å². The molecule has 0 saturated carbocycles. The van der Waals surface area contributed by atoms with E-state index < -0.39 is 18.0 Å². The van der Waals surface area contributed by atoms with E-state index in [4.69, 9.17) is 15.9 Å². The van der Waals surface area contributed by atoms with Gasteiger partial charge in [0.15, 0.2) is 0 Å². The third-order valence-corrected chi connectivity index (χ3v) is 4.02. The highest BCUT2D eigenvalue weighted by Crippen LogP contribution is 2.27. The van der Waals surface area contributed by atoms with Crippen molar-refractivity contribution < 1.29 is 23.5 Å². The highest BCUT2D eigenvalue weighted by Gasteiger charge is 2.32. The Morgan fingerprint density at radius 1 is 1.46 bits per heavy atom. The summed E-state index contributed by atoms with van der Waals surface area (Å²) in [5, 5.41) is 12.6. The standard InChI is InChI=1S/C17H23FN6O4/c1-11(25)22-8-13-9-24(17(27)28-13)12-2-3-15(14(18)6-12)23(10-20)5-4-21-16(26)7-19/h2-3,6,10,13,20H,4-5,7-9,19H2,1H3,(H,21,26)(H,22,25). The Morgan fingerprint density at radius 2 is 2.21 bits per heavy atom. The first-order valence-corrected chi connectivity index (χ1v) is 8.61. The summed E-state index contributed by atoms with van der Waals surface area (Å²) in [6.07, 6.45) is -0.209. The first kappa shape index (κ1) is 21.1. The molecule has 0 aliphatic carbocycles. The number of benzene rings is 1. The predicted molar refractivity (Wildman–Crippen MR) is 101 cm³/mol. The molecule has 11 heteroatoms. The number of carbonyl (C=O) groups is 3. The van der Waals surface area contributed by atoms with Crippen molar-refractivity contribution in [3.63, 3.8) is 0 Å². The van der Waals surface area contributed by atoms with Gasteiger partial charge in [0.05, 0.1) is 37.3 Å². The molecule has 1 heterocycles. The van der Waals surface area contributed by atoms with Crippen molar-refractivity contribution >= 4 is 35.6 Å². The van der Waals surface area contributed by atoms with Crippen molar-refractivity contribution in [1.82, 2.24) is 10.6 Å². The Balaban J connectivity index is 2.04. The molecule has 1 aromatic carbocycles. The zero-order chi connectivity index (χ0) is 20.7. The monoisotopic (exact) mass is 394 g/mol. The van der Waals surface area contributed by atoms with E-state index >= 15 is 0 Å². The average Bonchev–Trinajstić information content (AvgIpc) is 3.04. The number of cyclic esters (lactones) is 1. The van der Waals surface area contributed by atoms with E-state index in [0.29, 0.717) is 5.69 Å². The maximum absolute atomic E-state index is 14.6. The normalized spacial score (nSPS) is 15.8. The van der Waals surface area contributed by atoms with Gasteiger partial charge in [0.2, 0.25) is 11.8 Å². The molecular formula is C17H23FN6O4. The summed E-state index contributed by atoms with van der Waals surface area (Å²) >= 11 is 0. The van der Waals surface area contributed by atoms with Crippen LogP contribution in [-0.2, 0) is 14.3 Å². The van der Waals surface area contributed by atoms with Crippen LogP contribution in [0.15, 0.2) is 18.2 Å². The van der Waals surface area contributed by atoms with Crippen LogP contribution >= 0.6 is 0 Å². The van der Waals surface area contributed by atoms with Gasteiger partial charge in [0.1, 0.15) is 11.9 Å². The van der Waals surface area contributed by atoms with Crippen molar-refractivity contribution in [2.24, 2.45) is 5.73 Å². The number of nitrogens with one attached hydrogen (secondary N) is 3. The van der Waals surface area contributed by atoms with Crippen molar-refractivity contribution in [2.45, 2.75) is 13.0 Å². The number of rotatable bonds is 9. The lowest BCUT2D eigenvalue weighted by Crippen LogP contribution is -2.37. The van der Waals surface area contributed by atoms with Gasteiger partial charge in [0, 0.05) is 20.0 Å². The Labute approximate surface area is 161 Å². The van der Waals surface area contributed by atoms with Crippen LogP contribution in [0.3, 0.4) is 0 Å². The van der Waals surface area contributed by atoms with Crippen molar-refractivity contribution in [3.8, 4) is 0 Å². The van der Waals surface area contributed by atoms with Crippen LogP contribution in [-0.4, -0.2) is 63.1 Å². The van der Waals surface area contributed by atoms with Gasteiger partial charge in [-0.05, 0) is 18.2 Å². The first-order chi connectivity index (χ1) is 13.3. The van der Waals surface area contributed by atoms with Crippen LogP contribution in [0.25, 0.3) is 0 Å². The SMILES string of the molecule is CC(=O)NCC1CN(c2ccc(N(C=N)CCNC(=O)CN)c(F)c2)C(=O)O1. The highest BCUT2D eigenvalue weighted by molar-refractivity contribution is 5.90. The number of hydrogen-bond acceptors (Lipinski definition) is 6. The minimum Gasteiger partial charge on any atom is -0.442 e. The molecule has 2 rings (SSSR count). The van der Waals surface area contributed by atoms with Gasteiger partial charge in [0.25, 0.3) is 0 Å². The molecule has 0 aromatic heterocycles. The third-order valence-electron chi connectivity index (χ3n) is 4.02. The number of carbonyl (C=O) groups excluding carboxylic acids is 3. The fraction of sp³-hybridized carbons (Fsp3) is 0.412. The Morgan fingerprint density at radius 3 is 2.82 bits per heavy atom. The molecule has 0 bridgehead atoms. The second kappa shape index (κ2) is 9.65.